The minimum atomic E-state index is -4.69. The number of likely N-dealkylation sites (tertiary alicyclic amines) is 1. The Labute approximate surface area is 174 Å². The number of alkyl halides is 3. The molecular formula is C18H26F3IN4O. The number of rotatable bonds is 6. The van der Waals surface area contributed by atoms with Gasteiger partial charge in [-0.2, -0.15) is 0 Å². The lowest BCUT2D eigenvalue weighted by Crippen LogP contribution is -2.37. The van der Waals surface area contributed by atoms with Gasteiger partial charge in [0.05, 0.1) is 6.54 Å². The summed E-state index contributed by atoms with van der Waals surface area (Å²) >= 11 is 0. The van der Waals surface area contributed by atoms with Crippen molar-refractivity contribution in [2.45, 2.75) is 50.6 Å². The van der Waals surface area contributed by atoms with Crippen LogP contribution in [0, 0.1) is 0 Å². The van der Waals surface area contributed by atoms with Gasteiger partial charge >= 0.3 is 6.36 Å². The van der Waals surface area contributed by atoms with E-state index in [0.29, 0.717) is 30.5 Å². The Morgan fingerprint density at radius 1 is 1.37 bits per heavy atom. The van der Waals surface area contributed by atoms with Crippen molar-refractivity contribution in [2.24, 2.45) is 10.7 Å². The lowest BCUT2D eigenvalue weighted by molar-refractivity contribution is -0.274. The van der Waals surface area contributed by atoms with E-state index in [1.54, 1.807) is 12.1 Å². The molecular weight excluding hydrogens is 472 g/mol. The fourth-order valence-electron chi connectivity index (χ4n) is 3.66. The standard InChI is InChI=1S/C18H25F3N4O.HI/c1-2-25-9-5-6-12(25)11-23-17(22)24-15-10-14(15)13-7-3-4-8-16(13)26-18(19,20)21;/h3-4,7-8,12,14-15H,2,5-6,9-11H2,1H3,(H3,22,23,24);1H. The van der Waals surface area contributed by atoms with E-state index in [2.05, 4.69) is 26.9 Å². The van der Waals surface area contributed by atoms with E-state index in [-0.39, 0.29) is 41.7 Å². The second kappa shape index (κ2) is 9.31. The van der Waals surface area contributed by atoms with Crippen LogP contribution in [-0.4, -0.2) is 48.9 Å². The van der Waals surface area contributed by atoms with Crippen LogP contribution in [0.4, 0.5) is 13.2 Å². The molecule has 1 saturated heterocycles. The van der Waals surface area contributed by atoms with E-state index < -0.39 is 6.36 Å². The average Bonchev–Trinajstić information content (AvgIpc) is 3.17. The van der Waals surface area contributed by atoms with E-state index in [0.717, 1.165) is 19.5 Å². The van der Waals surface area contributed by atoms with Crippen LogP contribution >= 0.6 is 24.0 Å². The Balaban J connectivity index is 0.00000261. The number of nitrogens with zero attached hydrogens (tertiary/aromatic N) is 2. The number of hydrogen-bond donors (Lipinski definition) is 2. The molecule has 2 fully saturated rings. The molecule has 0 aromatic heterocycles. The Morgan fingerprint density at radius 3 is 2.81 bits per heavy atom. The predicted octanol–water partition coefficient (Wildman–Crippen LogP) is 3.45. The van der Waals surface area contributed by atoms with Crippen molar-refractivity contribution in [2.75, 3.05) is 19.6 Å². The zero-order valence-electron chi connectivity index (χ0n) is 15.2. The molecule has 1 saturated carbocycles. The molecule has 1 aromatic carbocycles. The van der Waals surface area contributed by atoms with Crippen molar-refractivity contribution < 1.29 is 17.9 Å². The number of halogens is 4. The van der Waals surface area contributed by atoms with Gasteiger partial charge in [0, 0.05) is 18.0 Å². The van der Waals surface area contributed by atoms with Crippen molar-refractivity contribution in [1.82, 2.24) is 10.2 Å². The second-order valence-electron chi connectivity index (χ2n) is 6.83. The first kappa shape index (κ1) is 22.1. The van der Waals surface area contributed by atoms with Gasteiger partial charge < -0.3 is 15.8 Å². The fraction of sp³-hybridized carbons (Fsp3) is 0.611. The molecule has 5 nitrogen and oxygen atoms in total. The maximum atomic E-state index is 12.5. The first-order chi connectivity index (χ1) is 12.4. The van der Waals surface area contributed by atoms with Gasteiger partial charge in [0.25, 0.3) is 0 Å². The number of ether oxygens (including phenoxy) is 1. The largest absolute Gasteiger partial charge is 0.573 e. The summed E-state index contributed by atoms with van der Waals surface area (Å²) in [5.74, 6) is 0.157. The maximum absolute atomic E-state index is 12.5. The van der Waals surface area contributed by atoms with Crippen LogP contribution in [-0.2, 0) is 0 Å². The number of aliphatic imine (C=N–C) groups is 1. The van der Waals surface area contributed by atoms with Crippen molar-refractivity contribution in [3.63, 3.8) is 0 Å². The van der Waals surface area contributed by atoms with E-state index >= 15 is 0 Å². The Bertz CT molecular complexity index is 656. The van der Waals surface area contributed by atoms with E-state index in [1.807, 2.05) is 0 Å². The Hall–Kier alpha value is -1.23. The fourth-order valence-corrected chi connectivity index (χ4v) is 3.66. The number of likely N-dealkylation sites (N-methyl/N-ethyl adjacent to an activating group) is 1. The summed E-state index contributed by atoms with van der Waals surface area (Å²) in [6.45, 7) is 4.90. The van der Waals surface area contributed by atoms with Crippen molar-refractivity contribution in [1.29, 1.82) is 0 Å². The molecule has 2 aliphatic rings. The lowest BCUT2D eigenvalue weighted by Gasteiger charge is -2.21. The lowest BCUT2D eigenvalue weighted by atomic mass is 10.1. The van der Waals surface area contributed by atoms with Gasteiger partial charge in [-0.3, -0.25) is 9.89 Å². The summed E-state index contributed by atoms with van der Waals surface area (Å²) in [4.78, 5) is 6.82. The quantitative estimate of drug-likeness (QED) is 0.359. The van der Waals surface area contributed by atoms with Gasteiger partial charge in [-0.05, 0) is 44.0 Å². The molecule has 1 aliphatic carbocycles. The summed E-state index contributed by atoms with van der Waals surface area (Å²) in [7, 11) is 0. The van der Waals surface area contributed by atoms with Crippen molar-refractivity contribution >= 4 is 29.9 Å². The Kier molecular flexibility index (Phi) is 7.61. The van der Waals surface area contributed by atoms with E-state index in [1.165, 1.54) is 18.6 Å². The van der Waals surface area contributed by atoms with Gasteiger partial charge in [-0.25, -0.2) is 0 Å². The molecule has 0 bridgehead atoms. The van der Waals surface area contributed by atoms with Crippen molar-refractivity contribution in [3.05, 3.63) is 29.8 Å². The minimum absolute atomic E-state index is 0. The second-order valence-corrected chi connectivity index (χ2v) is 6.83. The minimum Gasteiger partial charge on any atom is -0.405 e. The molecule has 27 heavy (non-hydrogen) atoms. The third kappa shape index (κ3) is 6.13. The zero-order valence-corrected chi connectivity index (χ0v) is 17.5. The molecule has 0 spiro atoms. The SMILES string of the molecule is CCN1CCCC1CN=C(N)NC1CC1c1ccccc1OC(F)(F)F.I. The van der Waals surface area contributed by atoms with Crippen LogP contribution in [0.3, 0.4) is 0 Å². The summed E-state index contributed by atoms with van der Waals surface area (Å²) in [5, 5.41) is 3.12. The molecule has 152 valence electrons. The van der Waals surface area contributed by atoms with E-state index in [9.17, 15) is 13.2 Å². The smallest absolute Gasteiger partial charge is 0.405 e. The number of nitrogens with two attached hydrogens (primary N) is 1. The highest BCUT2D eigenvalue weighted by Crippen LogP contribution is 2.45. The first-order valence-electron chi connectivity index (χ1n) is 9.02. The molecule has 1 aromatic rings. The van der Waals surface area contributed by atoms with Gasteiger partial charge in [-0.1, -0.05) is 25.1 Å². The van der Waals surface area contributed by atoms with Crippen LogP contribution in [0.25, 0.3) is 0 Å². The van der Waals surface area contributed by atoms with Crippen LogP contribution in [0.1, 0.15) is 37.7 Å². The van der Waals surface area contributed by atoms with Crippen LogP contribution in [0.2, 0.25) is 0 Å². The summed E-state index contributed by atoms with van der Waals surface area (Å²) in [5.41, 5.74) is 6.51. The molecule has 9 heteroatoms. The third-order valence-corrected chi connectivity index (χ3v) is 5.05. The Morgan fingerprint density at radius 2 is 2.11 bits per heavy atom. The normalized spacial score (nSPS) is 25.8. The number of benzene rings is 1. The highest BCUT2D eigenvalue weighted by atomic mass is 127. The summed E-state index contributed by atoms with van der Waals surface area (Å²) in [6.07, 6.45) is -1.68. The van der Waals surface area contributed by atoms with Gasteiger partial charge in [0.15, 0.2) is 5.96 Å². The monoisotopic (exact) mass is 498 g/mol. The zero-order chi connectivity index (χ0) is 18.7. The molecule has 1 aliphatic heterocycles. The van der Waals surface area contributed by atoms with E-state index in [4.69, 9.17) is 5.73 Å². The van der Waals surface area contributed by atoms with Crippen molar-refractivity contribution in [3.8, 4) is 5.75 Å². The van der Waals surface area contributed by atoms with Gasteiger partial charge in [0.1, 0.15) is 5.75 Å². The van der Waals surface area contributed by atoms with Gasteiger partial charge in [-0.15, -0.1) is 37.1 Å². The number of guanidine groups is 1. The molecule has 1 heterocycles. The molecule has 3 rings (SSSR count). The highest BCUT2D eigenvalue weighted by Gasteiger charge is 2.42. The number of nitrogens with one attached hydrogen (secondary N) is 1. The molecule has 0 amide bonds. The average molecular weight is 498 g/mol. The predicted molar refractivity (Wildman–Crippen MR) is 110 cm³/mol. The maximum Gasteiger partial charge on any atom is 0.573 e. The molecule has 3 atom stereocenters. The summed E-state index contributed by atoms with van der Waals surface area (Å²) in [6, 6.07) is 6.67. The molecule has 3 unspecified atom stereocenters. The van der Waals surface area contributed by atoms with Crippen LogP contribution in [0.5, 0.6) is 5.75 Å². The molecule has 3 N–H and O–H groups in total. The number of para-hydroxylation sites is 1. The highest BCUT2D eigenvalue weighted by molar-refractivity contribution is 14.0. The molecule has 0 radical (unpaired) electrons. The number of hydrogen-bond acceptors (Lipinski definition) is 3. The third-order valence-electron chi connectivity index (χ3n) is 5.05. The van der Waals surface area contributed by atoms with Crippen LogP contribution in [0.15, 0.2) is 29.3 Å². The van der Waals surface area contributed by atoms with Crippen LogP contribution < -0.4 is 15.8 Å². The topological polar surface area (TPSA) is 62.9 Å². The first-order valence-corrected chi connectivity index (χ1v) is 9.02. The van der Waals surface area contributed by atoms with Gasteiger partial charge in [0.2, 0.25) is 0 Å². The summed E-state index contributed by atoms with van der Waals surface area (Å²) < 4.78 is 41.8.